The molecule has 0 aromatic carbocycles. The van der Waals surface area contributed by atoms with Crippen LogP contribution in [-0.2, 0) is 4.79 Å². The Morgan fingerprint density at radius 3 is 2.81 bits per heavy atom. The second-order valence-electron chi connectivity index (χ2n) is 6.69. The minimum absolute atomic E-state index is 0.0135. The average molecular weight is 462 g/mol. The summed E-state index contributed by atoms with van der Waals surface area (Å²) in [6.45, 7) is 9.68. The van der Waals surface area contributed by atoms with Gasteiger partial charge in [-0.3, -0.25) is 9.79 Å². The number of rotatable bonds is 11. The molecule has 0 radical (unpaired) electrons. The molecule has 1 aliphatic rings. The molecule has 8 heteroatoms. The van der Waals surface area contributed by atoms with Crippen molar-refractivity contribution in [1.29, 1.82) is 0 Å². The molecular formula is C23H32ClN5OS. The van der Waals surface area contributed by atoms with Gasteiger partial charge in [0, 0.05) is 48.6 Å². The topological polar surface area (TPSA) is 69.1 Å². The number of amides is 1. The van der Waals surface area contributed by atoms with Crippen LogP contribution in [0.4, 0.5) is 0 Å². The number of aliphatic imine (C=N–C) groups is 2. The van der Waals surface area contributed by atoms with Crippen molar-refractivity contribution in [3.05, 3.63) is 69.4 Å². The summed E-state index contributed by atoms with van der Waals surface area (Å²) in [5, 5.41) is 7.62. The summed E-state index contributed by atoms with van der Waals surface area (Å²) in [6.07, 6.45) is 15.1. The molecule has 0 bridgehead atoms. The normalized spacial score (nSPS) is 16.8. The second-order valence-corrected chi connectivity index (χ2v) is 7.55. The van der Waals surface area contributed by atoms with Crippen molar-refractivity contribution < 1.29 is 4.79 Å². The predicted octanol–water partition coefficient (Wildman–Crippen LogP) is 3.98. The highest BCUT2D eigenvalue weighted by atomic mass is 35.5. The molecule has 6 nitrogen and oxygen atoms in total. The number of allylic oxidation sites excluding steroid dienone is 6. The molecule has 0 saturated heterocycles. The number of likely N-dealkylation sites (N-methyl/N-ethyl adjacent to an activating group) is 1. The van der Waals surface area contributed by atoms with Crippen molar-refractivity contribution in [2.45, 2.75) is 20.3 Å². The highest BCUT2D eigenvalue weighted by Crippen LogP contribution is 2.24. The number of carbonyl (C=O) groups is 1. The Morgan fingerprint density at radius 1 is 1.42 bits per heavy atom. The van der Waals surface area contributed by atoms with Gasteiger partial charge in [0.2, 0.25) is 5.91 Å². The van der Waals surface area contributed by atoms with Gasteiger partial charge in [0.15, 0.2) is 0 Å². The lowest BCUT2D eigenvalue weighted by molar-refractivity contribution is -0.125. The minimum Gasteiger partial charge on any atom is -0.384 e. The molecule has 0 aromatic rings. The molecule has 0 aromatic heterocycles. The van der Waals surface area contributed by atoms with Crippen LogP contribution in [0.15, 0.2) is 79.4 Å². The van der Waals surface area contributed by atoms with Crippen LogP contribution in [0.1, 0.15) is 20.3 Å². The Kier molecular flexibility index (Phi) is 13.3. The van der Waals surface area contributed by atoms with E-state index in [9.17, 15) is 4.79 Å². The summed E-state index contributed by atoms with van der Waals surface area (Å²) < 4.78 is 0. The van der Waals surface area contributed by atoms with Gasteiger partial charge in [0.05, 0.1) is 0 Å². The Balaban J connectivity index is 2.92. The molecule has 1 aliphatic heterocycles. The van der Waals surface area contributed by atoms with Crippen LogP contribution in [0.3, 0.4) is 0 Å². The van der Waals surface area contributed by atoms with Crippen molar-refractivity contribution in [2.24, 2.45) is 9.98 Å². The van der Waals surface area contributed by atoms with Crippen LogP contribution in [-0.4, -0.2) is 57.1 Å². The Bertz CT molecular complexity index is 837. The van der Waals surface area contributed by atoms with Gasteiger partial charge in [0.1, 0.15) is 11.4 Å². The maximum absolute atomic E-state index is 12.3. The van der Waals surface area contributed by atoms with Crippen LogP contribution < -0.4 is 10.6 Å². The zero-order chi connectivity index (χ0) is 23.1. The predicted molar refractivity (Wildman–Crippen MR) is 137 cm³/mol. The van der Waals surface area contributed by atoms with Gasteiger partial charge in [-0.25, -0.2) is 4.99 Å². The monoisotopic (exact) mass is 461 g/mol. The third-order valence-corrected chi connectivity index (χ3v) is 5.17. The average Bonchev–Trinajstić information content (AvgIpc) is 2.78. The number of carbonyl (C=O) groups excluding carboxylic acids is 1. The van der Waals surface area contributed by atoms with E-state index in [0.29, 0.717) is 36.2 Å². The third kappa shape index (κ3) is 10.5. The fourth-order valence-corrected chi connectivity index (χ4v) is 3.05. The second kappa shape index (κ2) is 15.5. The standard InChI is InChI=1S/C23H32ClN5OS/c1-5-20(24)9-6-8-18(2)27-16-21(23(31)28-17-26-4)19-11-14-29(15-12-19)22(30)10-7-13-25-3/h5-11,17,25,27,31H,4,12-16H2,1-3H3/b9-6-,10-7+,18-8+,20-5+,23-21-,28-17-. The molecule has 1 heterocycles. The minimum atomic E-state index is 0.0135. The molecule has 2 N–H and O–H groups in total. The molecule has 0 unspecified atom stereocenters. The molecular weight excluding hydrogens is 430 g/mol. The lowest BCUT2D eigenvalue weighted by Gasteiger charge is -2.27. The number of halogens is 1. The van der Waals surface area contributed by atoms with E-state index < -0.39 is 0 Å². The first kappa shape index (κ1) is 26.7. The molecule has 31 heavy (non-hydrogen) atoms. The van der Waals surface area contributed by atoms with Crippen molar-refractivity contribution in [2.75, 3.05) is 33.2 Å². The van der Waals surface area contributed by atoms with E-state index in [1.165, 1.54) is 6.34 Å². The van der Waals surface area contributed by atoms with Gasteiger partial charge >= 0.3 is 0 Å². The fourth-order valence-electron chi connectivity index (χ4n) is 2.70. The van der Waals surface area contributed by atoms with Crippen molar-refractivity contribution in [1.82, 2.24) is 15.5 Å². The lowest BCUT2D eigenvalue weighted by Crippen LogP contribution is -2.34. The van der Waals surface area contributed by atoms with Crippen LogP contribution >= 0.6 is 24.2 Å². The summed E-state index contributed by atoms with van der Waals surface area (Å²) in [5.74, 6) is 0.0135. The van der Waals surface area contributed by atoms with Crippen LogP contribution in [0, 0.1) is 0 Å². The van der Waals surface area contributed by atoms with Gasteiger partial charge in [-0.1, -0.05) is 35.9 Å². The van der Waals surface area contributed by atoms with Gasteiger partial charge in [-0.05, 0) is 51.8 Å². The van der Waals surface area contributed by atoms with E-state index in [1.54, 1.807) is 6.08 Å². The zero-order valence-electron chi connectivity index (χ0n) is 18.4. The van der Waals surface area contributed by atoms with E-state index >= 15 is 0 Å². The van der Waals surface area contributed by atoms with Gasteiger partial charge in [-0.2, -0.15) is 0 Å². The van der Waals surface area contributed by atoms with E-state index in [2.05, 4.69) is 46.0 Å². The van der Waals surface area contributed by atoms with E-state index in [1.807, 2.05) is 56.2 Å². The number of hydrogen-bond donors (Lipinski definition) is 3. The first-order valence-corrected chi connectivity index (χ1v) is 10.9. The Morgan fingerprint density at radius 2 is 2.19 bits per heavy atom. The van der Waals surface area contributed by atoms with Gasteiger partial charge in [0.25, 0.3) is 0 Å². The summed E-state index contributed by atoms with van der Waals surface area (Å²) in [6, 6.07) is 0. The van der Waals surface area contributed by atoms with Crippen LogP contribution in [0.25, 0.3) is 0 Å². The molecule has 0 saturated carbocycles. The van der Waals surface area contributed by atoms with Gasteiger partial charge < -0.3 is 15.5 Å². The molecule has 1 amide bonds. The maximum atomic E-state index is 12.3. The number of hydrogen-bond acceptors (Lipinski definition) is 5. The quantitative estimate of drug-likeness (QED) is 0.143. The summed E-state index contributed by atoms with van der Waals surface area (Å²) >= 11 is 10.5. The Hall–Kier alpha value is -2.35. The molecule has 1 rings (SSSR count). The third-order valence-electron chi connectivity index (χ3n) is 4.44. The lowest BCUT2D eigenvalue weighted by atomic mass is 9.99. The first-order chi connectivity index (χ1) is 14.9. The van der Waals surface area contributed by atoms with Crippen LogP contribution in [0.2, 0.25) is 0 Å². The number of nitrogens with one attached hydrogen (secondary N) is 2. The number of nitrogens with zero attached hydrogens (tertiary/aromatic N) is 3. The van der Waals surface area contributed by atoms with Crippen molar-refractivity contribution in [3.63, 3.8) is 0 Å². The fraction of sp³-hybridized carbons (Fsp3) is 0.348. The highest BCUT2D eigenvalue weighted by molar-refractivity contribution is 7.84. The SMILES string of the molecule is C=N/C=N\C(S)=C(/CN/C(C)=C/C=C\C(Cl)=C/C)C1=CCN(C(=O)/C=C/CNC)CC1. The zero-order valence-corrected chi connectivity index (χ0v) is 20.1. The van der Waals surface area contributed by atoms with Crippen molar-refractivity contribution >= 4 is 43.2 Å². The van der Waals surface area contributed by atoms with Crippen molar-refractivity contribution in [3.8, 4) is 0 Å². The molecule has 168 valence electrons. The summed E-state index contributed by atoms with van der Waals surface area (Å²) in [7, 11) is 1.84. The number of thiol groups is 1. The molecule has 0 aliphatic carbocycles. The summed E-state index contributed by atoms with van der Waals surface area (Å²) in [5.41, 5.74) is 3.05. The first-order valence-electron chi connectivity index (χ1n) is 10.0. The van der Waals surface area contributed by atoms with E-state index in [4.69, 9.17) is 11.6 Å². The molecule has 0 atom stereocenters. The largest absolute Gasteiger partial charge is 0.384 e. The molecule has 0 spiro atoms. The maximum Gasteiger partial charge on any atom is 0.246 e. The highest BCUT2D eigenvalue weighted by Gasteiger charge is 2.18. The summed E-state index contributed by atoms with van der Waals surface area (Å²) in [4.78, 5) is 22.0. The van der Waals surface area contributed by atoms with E-state index in [-0.39, 0.29) is 5.91 Å². The smallest absolute Gasteiger partial charge is 0.246 e. The molecule has 0 fully saturated rings. The van der Waals surface area contributed by atoms with Crippen LogP contribution in [0.5, 0.6) is 0 Å². The van der Waals surface area contributed by atoms with E-state index in [0.717, 1.165) is 23.3 Å². The Labute approximate surface area is 196 Å². The van der Waals surface area contributed by atoms with Gasteiger partial charge in [-0.15, -0.1) is 12.6 Å².